The Balaban J connectivity index is 2.53. The standard InChI is InChI=1S/C11H14N2O2/c1-7-6-12-10-8(11(14)15)4-3-5-9(10)13(7)2/h3-5,7,12H,6H2,1-2H3,(H,14,15). The Labute approximate surface area is 88.5 Å². The van der Waals surface area contributed by atoms with Crippen molar-refractivity contribution in [2.45, 2.75) is 13.0 Å². The fraction of sp³-hybridized carbons (Fsp3) is 0.364. The lowest BCUT2D eigenvalue weighted by Gasteiger charge is -2.35. The molecule has 0 aliphatic carbocycles. The lowest BCUT2D eigenvalue weighted by Crippen LogP contribution is -2.39. The first kappa shape index (κ1) is 9.83. The number of para-hydroxylation sites is 1. The Bertz CT molecular complexity index is 404. The van der Waals surface area contributed by atoms with E-state index in [-0.39, 0.29) is 0 Å². The molecule has 80 valence electrons. The molecule has 15 heavy (non-hydrogen) atoms. The summed E-state index contributed by atoms with van der Waals surface area (Å²) in [5.41, 5.74) is 2.02. The van der Waals surface area contributed by atoms with Crippen LogP contribution in [-0.2, 0) is 0 Å². The average molecular weight is 206 g/mol. The summed E-state index contributed by atoms with van der Waals surface area (Å²) in [7, 11) is 1.98. The highest BCUT2D eigenvalue weighted by molar-refractivity contribution is 5.98. The summed E-state index contributed by atoms with van der Waals surface area (Å²) in [4.78, 5) is 13.1. The number of nitrogens with one attached hydrogen (secondary N) is 1. The van der Waals surface area contributed by atoms with Gasteiger partial charge >= 0.3 is 5.97 Å². The summed E-state index contributed by atoms with van der Waals surface area (Å²) in [6, 6.07) is 5.71. The van der Waals surface area contributed by atoms with Crippen molar-refractivity contribution in [1.82, 2.24) is 0 Å². The number of carboxylic acids is 1. The molecule has 0 spiro atoms. The summed E-state index contributed by atoms with van der Waals surface area (Å²) < 4.78 is 0. The zero-order valence-corrected chi connectivity index (χ0v) is 8.82. The van der Waals surface area contributed by atoms with Gasteiger partial charge in [-0.15, -0.1) is 0 Å². The largest absolute Gasteiger partial charge is 0.478 e. The van der Waals surface area contributed by atoms with Crippen LogP contribution in [0.4, 0.5) is 11.4 Å². The van der Waals surface area contributed by atoms with Crippen molar-refractivity contribution in [2.24, 2.45) is 0 Å². The maximum atomic E-state index is 11.0. The van der Waals surface area contributed by atoms with Crippen LogP contribution in [0.1, 0.15) is 17.3 Å². The Hall–Kier alpha value is -1.71. The first-order valence-corrected chi connectivity index (χ1v) is 4.94. The number of hydrogen-bond donors (Lipinski definition) is 2. The first-order chi connectivity index (χ1) is 7.11. The number of carboxylic acid groups (broad SMARTS) is 1. The fourth-order valence-electron chi connectivity index (χ4n) is 1.82. The minimum atomic E-state index is -0.887. The number of aromatic carboxylic acids is 1. The molecule has 1 aliphatic rings. The van der Waals surface area contributed by atoms with Gasteiger partial charge in [0.2, 0.25) is 0 Å². The van der Waals surface area contributed by atoms with Gasteiger partial charge in [-0.1, -0.05) is 6.07 Å². The summed E-state index contributed by atoms with van der Waals surface area (Å²) in [5, 5.41) is 12.2. The molecule has 0 fully saturated rings. The van der Waals surface area contributed by atoms with Gasteiger partial charge in [-0.25, -0.2) is 4.79 Å². The van der Waals surface area contributed by atoms with E-state index >= 15 is 0 Å². The molecule has 1 atom stereocenters. The molecule has 4 heteroatoms. The van der Waals surface area contributed by atoms with Crippen LogP contribution >= 0.6 is 0 Å². The highest BCUT2D eigenvalue weighted by atomic mass is 16.4. The van der Waals surface area contributed by atoms with Crippen molar-refractivity contribution in [3.8, 4) is 0 Å². The molecule has 2 N–H and O–H groups in total. The zero-order valence-electron chi connectivity index (χ0n) is 8.82. The lowest BCUT2D eigenvalue weighted by atomic mass is 10.1. The molecule has 4 nitrogen and oxygen atoms in total. The van der Waals surface area contributed by atoms with Gasteiger partial charge in [0.1, 0.15) is 0 Å². The van der Waals surface area contributed by atoms with Gasteiger partial charge in [-0.2, -0.15) is 0 Å². The van der Waals surface area contributed by atoms with Crippen LogP contribution in [-0.4, -0.2) is 30.7 Å². The van der Waals surface area contributed by atoms with Gasteiger partial charge in [0.15, 0.2) is 0 Å². The summed E-state index contributed by atoms with van der Waals surface area (Å²) >= 11 is 0. The molecule has 0 saturated carbocycles. The zero-order chi connectivity index (χ0) is 11.0. The normalized spacial score (nSPS) is 19.3. The van der Waals surface area contributed by atoms with E-state index in [0.29, 0.717) is 11.6 Å². The second-order valence-corrected chi connectivity index (χ2v) is 3.85. The van der Waals surface area contributed by atoms with Gasteiger partial charge in [-0.3, -0.25) is 0 Å². The van der Waals surface area contributed by atoms with Crippen molar-refractivity contribution < 1.29 is 9.90 Å². The van der Waals surface area contributed by atoms with Crippen molar-refractivity contribution in [1.29, 1.82) is 0 Å². The van der Waals surface area contributed by atoms with Crippen LogP contribution in [0, 0.1) is 0 Å². The van der Waals surface area contributed by atoms with Crippen LogP contribution in [0.15, 0.2) is 18.2 Å². The molecule has 0 bridgehead atoms. The predicted octanol–water partition coefficient (Wildman–Crippen LogP) is 1.64. The summed E-state index contributed by atoms with van der Waals surface area (Å²) in [5.74, 6) is -0.887. The Morgan fingerprint density at radius 1 is 1.60 bits per heavy atom. The van der Waals surface area contributed by atoms with E-state index in [1.54, 1.807) is 12.1 Å². The van der Waals surface area contributed by atoms with E-state index in [1.165, 1.54) is 0 Å². The molecular weight excluding hydrogens is 192 g/mol. The van der Waals surface area contributed by atoms with Gasteiger partial charge < -0.3 is 15.3 Å². The minimum absolute atomic E-state index is 0.339. The molecule has 0 saturated heterocycles. The predicted molar refractivity (Wildman–Crippen MR) is 59.8 cm³/mol. The van der Waals surface area contributed by atoms with Crippen LogP contribution in [0.5, 0.6) is 0 Å². The molecule has 1 aliphatic heterocycles. The third-order valence-electron chi connectivity index (χ3n) is 2.89. The molecule has 0 radical (unpaired) electrons. The molecule has 1 aromatic rings. The molecule has 0 aromatic heterocycles. The van der Waals surface area contributed by atoms with Gasteiger partial charge in [0.25, 0.3) is 0 Å². The van der Waals surface area contributed by atoms with Crippen LogP contribution in [0.2, 0.25) is 0 Å². The summed E-state index contributed by atoms with van der Waals surface area (Å²) in [6.45, 7) is 2.87. The van der Waals surface area contributed by atoms with E-state index in [0.717, 1.165) is 17.9 Å². The van der Waals surface area contributed by atoms with E-state index in [4.69, 9.17) is 5.11 Å². The first-order valence-electron chi connectivity index (χ1n) is 4.94. The minimum Gasteiger partial charge on any atom is -0.478 e. The highest BCUT2D eigenvalue weighted by Crippen LogP contribution is 2.33. The van der Waals surface area contributed by atoms with E-state index in [2.05, 4.69) is 17.1 Å². The van der Waals surface area contributed by atoms with Gasteiger partial charge in [-0.05, 0) is 19.1 Å². The average Bonchev–Trinajstić information content (AvgIpc) is 2.23. The van der Waals surface area contributed by atoms with Gasteiger partial charge in [0, 0.05) is 19.6 Å². The molecule has 2 rings (SSSR count). The van der Waals surface area contributed by atoms with E-state index in [1.807, 2.05) is 13.1 Å². The van der Waals surface area contributed by atoms with Gasteiger partial charge in [0.05, 0.1) is 16.9 Å². The van der Waals surface area contributed by atoms with Crippen LogP contribution < -0.4 is 10.2 Å². The maximum absolute atomic E-state index is 11.0. The van der Waals surface area contributed by atoms with Crippen molar-refractivity contribution in [3.05, 3.63) is 23.8 Å². The number of carbonyl (C=O) groups is 1. The monoisotopic (exact) mass is 206 g/mol. The number of hydrogen-bond acceptors (Lipinski definition) is 3. The Morgan fingerprint density at radius 3 is 3.00 bits per heavy atom. The van der Waals surface area contributed by atoms with E-state index < -0.39 is 5.97 Å². The molecule has 1 aromatic carbocycles. The third kappa shape index (κ3) is 1.52. The number of fused-ring (bicyclic) bond motifs is 1. The van der Waals surface area contributed by atoms with Crippen LogP contribution in [0.25, 0.3) is 0 Å². The van der Waals surface area contributed by atoms with Crippen LogP contribution in [0.3, 0.4) is 0 Å². The smallest absolute Gasteiger partial charge is 0.337 e. The molecular formula is C11H14N2O2. The number of rotatable bonds is 1. The quantitative estimate of drug-likeness (QED) is 0.733. The second-order valence-electron chi connectivity index (χ2n) is 3.85. The van der Waals surface area contributed by atoms with E-state index in [9.17, 15) is 4.79 Å². The second kappa shape index (κ2) is 3.46. The number of benzene rings is 1. The van der Waals surface area contributed by atoms with Crippen molar-refractivity contribution in [3.63, 3.8) is 0 Å². The topological polar surface area (TPSA) is 52.6 Å². The molecule has 1 heterocycles. The van der Waals surface area contributed by atoms with Crippen molar-refractivity contribution in [2.75, 3.05) is 23.8 Å². The number of anilines is 2. The number of likely N-dealkylation sites (N-methyl/N-ethyl adjacent to an activating group) is 1. The van der Waals surface area contributed by atoms with Crippen molar-refractivity contribution >= 4 is 17.3 Å². The molecule has 1 unspecified atom stereocenters. The fourth-order valence-corrected chi connectivity index (χ4v) is 1.82. The lowest BCUT2D eigenvalue weighted by molar-refractivity contribution is 0.0698. The maximum Gasteiger partial charge on any atom is 0.337 e. The SMILES string of the molecule is CC1CNc2c(C(=O)O)cccc2N1C. The Morgan fingerprint density at radius 2 is 2.33 bits per heavy atom. The third-order valence-corrected chi connectivity index (χ3v) is 2.89. The number of nitrogens with zero attached hydrogens (tertiary/aromatic N) is 1. The Kier molecular flexibility index (Phi) is 2.26. The highest BCUT2D eigenvalue weighted by Gasteiger charge is 2.23. The summed E-state index contributed by atoms with van der Waals surface area (Å²) in [6.07, 6.45) is 0. The molecule has 0 amide bonds.